The fraction of sp³-hybridized carbons (Fsp3) is 0.694. The molecule has 1 unspecified atom stereocenters. The number of thiophene rings is 5. The van der Waals surface area contributed by atoms with E-state index in [0.717, 1.165) is 333 Å². The Morgan fingerprint density at radius 2 is 0.543 bits per heavy atom. The smallest absolute Gasteiger partial charge is 0.381 e. The van der Waals surface area contributed by atoms with Gasteiger partial charge in [0, 0.05) is 202 Å². The molecule has 0 radical (unpaired) electrons. The molecule has 10 aromatic heterocycles. The lowest BCUT2D eigenvalue weighted by Crippen LogP contribution is -2.61. The van der Waals surface area contributed by atoms with E-state index in [9.17, 15) is 65.9 Å². The van der Waals surface area contributed by atoms with Crippen molar-refractivity contribution in [1.29, 1.82) is 0 Å². The molecule has 12 aliphatic heterocycles. The number of nitrogens with zero attached hydrogens (tertiary/aromatic N) is 20. The third kappa shape index (κ3) is 25.6. The largest absolute Gasteiger partial charge is 0.393 e. The van der Waals surface area contributed by atoms with Crippen LogP contribution in [0.2, 0.25) is 0 Å². The van der Waals surface area contributed by atoms with Crippen LogP contribution < -0.4 is 24.5 Å². The molecular formula is C98H127F15N20O2S5. The van der Waals surface area contributed by atoms with Gasteiger partial charge in [0.2, 0.25) is 0 Å². The maximum absolute atomic E-state index is 12.8. The quantitative estimate of drug-likeness (QED) is 0.0619. The molecule has 0 aliphatic carbocycles. The van der Waals surface area contributed by atoms with Crippen LogP contribution in [0.4, 0.5) is 94.9 Å². The van der Waals surface area contributed by atoms with Crippen LogP contribution in [0, 0.1) is 56.7 Å². The molecule has 140 heavy (non-hydrogen) atoms. The van der Waals surface area contributed by atoms with Gasteiger partial charge in [0.1, 0.15) is 84.9 Å². The molecule has 12 saturated heterocycles. The second kappa shape index (κ2) is 42.0. The number of fused-ring (bicyclic) bond motifs is 5. The van der Waals surface area contributed by atoms with Crippen molar-refractivity contribution < 1.29 is 75.3 Å². The second-order valence-corrected chi connectivity index (χ2v) is 48.7. The maximum Gasteiger partial charge on any atom is 0.393 e. The van der Waals surface area contributed by atoms with Crippen LogP contribution in [-0.4, -0.2) is 295 Å². The Hall–Kier alpha value is -7.13. The van der Waals surface area contributed by atoms with Crippen molar-refractivity contribution >= 4 is 137 Å². The number of anilines is 5. The molecule has 1 atom stereocenters. The van der Waals surface area contributed by atoms with Crippen LogP contribution in [0.3, 0.4) is 0 Å². The van der Waals surface area contributed by atoms with Gasteiger partial charge in [-0.3, -0.25) is 0 Å². The van der Waals surface area contributed by atoms with Crippen LogP contribution in [0.5, 0.6) is 0 Å². The van der Waals surface area contributed by atoms with Crippen molar-refractivity contribution in [1.82, 2.24) is 74.3 Å². The minimum atomic E-state index is -4.20. The highest BCUT2D eigenvalue weighted by molar-refractivity contribution is 7.20. The number of halogens is 15. The summed E-state index contributed by atoms with van der Waals surface area (Å²) in [5, 5.41) is 3.79. The summed E-state index contributed by atoms with van der Waals surface area (Å²) in [5.74, 6) is 7.58. The van der Waals surface area contributed by atoms with Crippen molar-refractivity contribution in [3.63, 3.8) is 0 Å². The minimum Gasteiger partial charge on any atom is -0.381 e. The third-order valence-electron chi connectivity index (χ3n) is 30.4. The number of hydrogen-bond donors (Lipinski definition) is 0. The molecule has 0 aromatic carbocycles. The SMILES string of the molecule is CC(C)CN1CC2(CCN(c3ncnc4sc(CC(F)(F)F)cc34)C2)C1.CC(C)CN1CCC2(CC1)CN(c1ncnc3sc(CC(F)(F)F)cc13)C2.CCC(C)CN1CCC2(CC1)CN(c1ncnc3sc(CC(F)(F)F)cc13)C2.FC(F)(F)Cc1cc2c(N3CC4(CCN(CC5CCOCC5)CC4)C3)ncnc2s1.FC(F)(F)Cc1cc2c(N3CCC4(CN(CC5CCOCC5)C4)C3)ncnc2s1. The first-order valence-corrected chi connectivity index (χ1v) is 53.6. The Balaban J connectivity index is 0.000000116. The van der Waals surface area contributed by atoms with E-state index in [-0.39, 0.29) is 0 Å². The van der Waals surface area contributed by atoms with Gasteiger partial charge in [-0.2, -0.15) is 65.9 Å². The van der Waals surface area contributed by atoms with E-state index in [0.29, 0.717) is 87.4 Å². The molecular weight excluding hydrogens is 1930 g/mol. The van der Waals surface area contributed by atoms with Crippen molar-refractivity contribution in [2.45, 2.75) is 188 Å². The molecule has 0 N–H and O–H groups in total. The van der Waals surface area contributed by atoms with Crippen LogP contribution in [-0.2, 0) is 41.6 Å². The zero-order valence-corrected chi connectivity index (χ0v) is 84.4. The van der Waals surface area contributed by atoms with Crippen molar-refractivity contribution in [3.8, 4) is 0 Å². The normalized spacial score (nSPS) is 21.8. The van der Waals surface area contributed by atoms with Gasteiger partial charge in [-0.05, 0) is 176 Å². The Morgan fingerprint density at radius 1 is 0.300 bits per heavy atom. The molecule has 0 bridgehead atoms. The van der Waals surface area contributed by atoms with Crippen molar-refractivity contribution in [2.75, 3.05) is 215 Å². The number of rotatable bonds is 21. The predicted molar refractivity (Wildman–Crippen MR) is 524 cm³/mol. The van der Waals surface area contributed by atoms with E-state index >= 15 is 0 Å². The average Bonchev–Trinajstić information content (AvgIpc) is 1.30. The Morgan fingerprint density at radius 3 is 0.821 bits per heavy atom. The van der Waals surface area contributed by atoms with Gasteiger partial charge in [-0.15, -0.1) is 56.7 Å². The van der Waals surface area contributed by atoms with Crippen LogP contribution in [0.25, 0.3) is 51.1 Å². The third-order valence-corrected chi connectivity index (χ3v) is 35.6. The summed E-state index contributed by atoms with van der Waals surface area (Å²) >= 11 is 5.60. The zero-order chi connectivity index (χ0) is 98.5. The maximum atomic E-state index is 12.8. The van der Waals surface area contributed by atoms with Crippen molar-refractivity contribution in [2.24, 2.45) is 56.7 Å². The molecule has 22 heterocycles. The molecule has 12 aliphatic rings. The van der Waals surface area contributed by atoms with Crippen LogP contribution in [0.15, 0.2) is 62.0 Å². The lowest BCUT2D eigenvalue weighted by Gasteiger charge is -2.54. The predicted octanol–water partition coefficient (Wildman–Crippen LogP) is 20.9. The van der Waals surface area contributed by atoms with E-state index in [2.05, 4.69) is 140 Å². The Labute approximate surface area is 827 Å². The monoisotopic (exact) mass is 2060 g/mol. The number of ether oxygens (including phenoxy) is 2. The first kappa shape index (κ1) is 103. The first-order chi connectivity index (χ1) is 66.5. The summed E-state index contributed by atoms with van der Waals surface area (Å²) in [5.41, 5.74) is 1.63. The summed E-state index contributed by atoms with van der Waals surface area (Å²) in [6.07, 6.45) is -2.86. The number of hydrogen-bond acceptors (Lipinski definition) is 27. The van der Waals surface area contributed by atoms with Gasteiger partial charge in [-0.25, -0.2) is 49.8 Å². The van der Waals surface area contributed by atoms with Crippen LogP contribution in [0.1, 0.15) is 149 Å². The lowest BCUT2D eigenvalue weighted by atomic mass is 9.71. The lowest BCUT2D eigenvalue weighted by molar-refractivity contribution is -0.127. The molecule has 0 amide bonds. The van der Waals surface area contributed by atoms with E-state index in [1.165, 1.54) is 103 Å². The molecule has 766 valence electrons. The summed E-state index contributed by atoms with van der Waals surface area (Å²) in [6, 6.07) is 8.14. The molecule has 22 nitrogen and oxygen atoms in total. The van der Waals surface area contributed by atoms with Gasteiger partial charge in [0.15, 0.2) is 0 Å². The fourth-order valence-corrected chi connectivity index (χ4v) is 28.6. The molecule has 10 aromatic rings. The zero-order valence-electron chi connectivity index (χ0n) is 80.4. The topological polar surface area (TPSA) is 180 Å². The van der Waals surface area contributed by atoms with E-state index in [1.807, 2.05) is 0 Å². The van der Waals surface area contributed by atoms with E-state index < -0.39 is 63.0 Å². The summed E-state index contributed by atoms with van der Waals surface area (Å²) < 4.78 is 202. The highest BCUT2D eigenvalue weighted by Gasteiger charge is 2.53. The summed E-state index contributed by atoms with van der Waals surface area (Å²) in [4.78, 5) is 71.7. The van der Waals surface area contributed by atoms with Gasteiger partial charge >= 0.3 is 30.9 Å². The molecule has 0 saturated carbocycles. The van der Waals surface area contributed by atoms with E-state index in [4.69, 9.17) is 9.47 Å². The Kier molecular flexibility index (Phi) is 30.9. The second-order valence-electron chi connectivity index (χ2n) is 43.2. The summed E-state index contributed by atoms with van der Waals surface area (Å²) in [7, 11) is 0. The number of alkyl halides is 15. The van der Waals surface area contributed by atoms with Crippen molar-refractivity contribution in [3.05, 3.63) is 86.4 Å². The molecule has 22 rings (SSSR count). The van der Waals surface area contributed by atoms with Gasteiger partial charge in [0.05, 0.1) is 59.0 Å². The van der Waals surface area contributed by atoms with Gasteiger partial charge < -0.3 is 58.5 Å². The van der Waals surface area contributed by atoms with Gasteiger partial charge in [-0.1, -0.05) is 48.0 Å². The minimum absolute atomic E-state index is 0.299. The molecule has 42 heteroatoms. The van der Waals surface area contributed by atoms with Crippen LogP contribution >= 0.6 is 56.7 Å². The highest BCUT2D eigenvalue weighted by atomic mass is 32.1. The Bertz CT molecular complexity index is 5790. The van der Waals surface area contributed by atoms with E-state index in [1.54, 1.807) is 30.3 Å². The first-order valence-electron chi connectivity index (χ1n) is 49.5. The summed E-state index contributed by atoms with van der Waals surface area (Å²) in [6.45, 7) is 43.5. The number of likely N-dealkylation sites (tertiary alicyclic amines) is 5. The highest BCUT2D eigenvalue weighted by Crippen LogP contribution is 2.52. The van der Waals surface area contributed by atoms with Gasteiger partial charge in [0.25, 0.3) is 0 Å². The standard InChI is InChI=1S/C21H27F3N4OS.C20H25F3N4OS.C20H27F3N4S.C19H25F3N4S.C18H23F3N4S/c22-21(23,24)10-16-9-17-18(25-14-26-19(17)30-16)28-12-20(13-28)3-5-27(6-4-20)11-15-1-7-29-8-2-15;21-20(22,23)8-15-7-16-17(24-13-25-18(16)29-15)27-4-3-19(12-27)10-26(11-19)9-14-1-5-28-6-2-14;1-3-14(2)10-26-6-4-19(5-7-26)11-27(12-19)17-16-8-15(9-20(21,22)23)28-18(16)25-13-24-17;1-13(2)9-25-5-3-18(4-6-25)10-26(11-18)16-15-7-14(8-19(20,21)22)27-17(15)24-12-23-16;1-12(2)7-24-8-17(9-24)3-4-25(10-17)15-14-5-13(6-18(19,20)21)26-16(14)23-11-22-15/h9,14-15H,1-8,10-13H2;7,13-14H,1-6,8-12H2;8,13-14H,3-7,9-12H2,1-2H3;7,12-13H,3-6,8-11H2,1-2H3;5,11-12H,3-4,6-10H2,1-2H3. The molecule has 5 spiro atoms. The number of aromatic nitrogens is 10. The fourth-order valence-electron chi connectivity index (χ4n) is 23.5. The number of piperidine rings is 3. The molecule has 12 fully saturated rings. The average molecular weight is 2060 g/mol.